The number of carbonyl (C=O) groups is 1. The van der Waals surface area contributed by atoms with Gasteiger partial charge in [-0.3, -0.25) is 4.79 Å². The highest BCUT2D eigenvalue weighted by molar-refractivity contribution is 5.88. The van der Waals surface area contributed by atoms with Gasteiger partial charge in [0, 0.05) is 25.6 Å². The lowest BCUT2D eigenvalue weighted by Crippen LogP contribution is -2.47. The molecule has 1 aliphatic carbocycles. The van der Waals surface area contributed by atoms with Crippen LogP contribution in [0.25, 0.3) is 0 Å². The monoisotopic (exact) mass is 305 g/mol. The van der Waals surface area contributed by atoms with E-state index in [1.54, 1.807) is 6.07 Å². The van der Waals surface area contributed by atoms with Gasteiger partial charge in [0.15, 0.2) is 0 Å². The Morgan fingerprint density at radius 1 is 1.32 bits per heavy atom. The van der Waals surface area contributed by atoms with Crippen molar-refractivity contribution in [1.29, 1.82) is 0 Å². The van der Waals surface area contributed by atoms with Gasteiger partial charge in [0.1, 0.15) is 5.82 Å². The molecule has 4 heteroatoms. The summed E-state index contributed by atoms with van der Waals surface area (Å²) in [6.45, 7) is 1.48. The number of hydrogen-bond donors (Lipinski definition) is 1. The molecule has 3 nitrogen and oxygen atoms in total. The quantitative estimate of drug-likeness (QED) is 0.933. The number of carbonyl (C=O) groups excluding carboxylic acids is 1. The minimum absolute atomic E-state index is 0.133. The van der Waals surface area contributed by atoms with Crippen LogP contribution in [0.1, 0.15) is 44.1 Å². The number of halogens is 1. The Hall–Kier alpha value is -1.42. The molecule has 120 valence electrons. The molecule has 1 aromatic carbocycles. The Morgan fingerprint density at radius 3 is 2.73 bits per heavy atom. The van der Waals surface area contributed by atoms with E-state index in [9.17, 15) is 14.3 Å². The molecule has 2 aliphatic rings. The normalized spacial score (nSPS) is 24.5. The van der Waals surface area contributed by atoms with Gasteiger partial charge in [0.05, 0.1) is 5.41 Å². The molecule has 1 aliphatic heterocycles. The van der Waals surface area contributed by atoms with Crippen molar-refractivity contribution in [3.63, 3.8) is 0 Å². The first-order chi connectivity index (χ1) is 10.7. The van der Waals surface area contributed by atoms with E-state index in [4.69, 9.17) is 0 Å². The molecule has 1 unspecified atom stereocenters. The fourth-order valence-corrected chi connectivity index (χ4v) is 4.04. The van der Waals surface area contributed by atoms with Gasteiger partial charge in [-0.15, -0.1) is 0 Å². The smallest absolute Gasteiger partial charge is 0.233 e. The first-order valence-electron chi connectivity index (χ1n) is 8.32. The highest BCUT2D eigenvalue weighted by Gasteiger charge is 2.45. The van der Waals surface area contributed by atoms with E-state index in [2.05, 4.69) is 0 Å². The maximum absolute atomic E-state index is 13.7. The van der Waals surface area contributed by atoms with Gasteiger partial charge in [-0.05, 0) is 37.0 Å². The summed E-state index contributed by atoms with van der Waals surface area (Å²) in [6.07, 6.45) is 5.63. The lowest BCUT2D eigenvalue weighted by Gasteiger charge is -2.39. The molecule has 0 radical (unpaired) electrons. The molecule has 0 aromatic heterocycles. The van der Waals surface area contributed by atoms with Crippen molar-refractivity contribution in [2.45, 2.75) is 43.9 Å². The van der Waals surface area contributed by atoms with Crippen molar-refractivity contribution in [1.82, 2.24) is 4.90 Å². The average molecular weight is 305 g/mol. The van der Waals surface area contributed by atoms with Gasteiger partial charge >= 0.3 is 0 Å². The molecular formula is C18H24FNO2. The van der Waals surface area contributed by atoms with Crippen molar-refractivity contribution in [3.05, 3.63) is 35.6 Å². The maximum Gasteiger partial charge on any atom is 0.233 e. The fraction of sp³-hybridized carbons (Fsp3) is 0.611. The van der Waals surface area contributed by atoms with Gasteiger partial charge in [0.25, 0.3) is 0 Å². The number of nitrogens with zero attached hydrogens (tertiary/aromatic N) is 1. The third kappa shape index (κ3) is 2.76. The number of likely N-dealkylation sites (tertiary alicyclic amines) is 1. The molecule has 1 aromatic rings. The van der Waals surface area contributed by atoms with Crippen LogP contribution in [0.2, 0.25) is 0 Å². The number of amides is 1. The number of aliphatic hydroxyl groups excluding tert-OH is 1. The Labute approximate surface area is 131 Å². The van der Waals surface area contributed by atoms with E-state index in [0.717, 1.165) is 44.1 Å². The minimum atomic E-state index is -0.565. The number of aliphatic hydroxyl groups is 1. The van der Waals surface area contributed by atoms with Crippen LogP contribution in [0.4, 0.5) is 4.39 Å². The van der Waals surface area contributed by atoms with Crippen molar-refractivity contribution < 1.29 is 14.3 Å². The average Bonchev–Trinajstić information content (AvgIpc) is 3.04. The second-order valence-electron chi connectivity index (χ2n) is 6.74. The van der Waals surface area contributed by atoms with Gasteiger partial charge in [0.2, 0.25) is 5.91 Å². The van der Waals surface area contributed by atoms with Crippen LogP contribution in [0.3, 0.4) is 0 Å². The summed E-state index contributed by atoms with van der Waals surface area (Å²) in [7, 11) is 0. The highest BCUT2D eigenvalue weighted by atomic mass is 19.1. The van der Waals surface area contributed by atoms with Gasteiger partial charge in [-0.1, -0.05) is 31.4 Å². The SMILES string of the molecule is O=C(N1CCC(CO)C1)C1(c2cccc(F)c2)CCCCC1. The summed E-state index contributed by atoms with van der Waals surface area (Å²) < 4.78 is 13.7. The Bertz CT molecular complexity index is 540. The highest BCUT2D eigenvalue weighted by Crippen LogP contribution is 2.42. The zero-order valence-corrected chi connectivity index (χ0v) is 12.9. The van der Waals surface area contributed by atoms with Crippen LogP contribution in [-0.4, -0.2) is 35.6 Å². The molecule has 1 N–H and O–H groups in total. The third-order valence-corrected chi connectivity index (χ3v) is 5.32. The Kier molecular flexibility index (Phi) is 4.48. The van der Waals surface area contributed by atoms with Crippen molar-refractivity contribution in [2.24, 2.45) is 5.92 Å². The zero-order valence-electron chi connectivity index (χ0n) is 12.9. The second kappa shape index (κ2) is 6.37. The lowest BCUT2D eigenvalue weighted by atomic mass is 9.68. The van der Waals surface area contributed by atoms with E-state index in [0.29, 0.717) is 13.1 Å². The molecular weight excluding hydrogens is 281 g/mol. The van der Waals surface area contributed by atoms with Gasteiger partial charge in [-0.25, -0.2) is 4.39 Å². The van der Waals surface area contributed by atoms with Crippen LogP contribution in [0.5, 0.6) is 0 Å². The number of rotatable bonds is 3. The summed E-state index contributed by atoms with van der Waals surface area (Å²) in [4.78, 5) is 15.1. The van der Waals surface area contributed by atoms with E-state index < -0.39 is 5.41 Å². The molecule has 1 amide bonds. The molecule has 1 saturated heterocycles. The molecule has 0 bridgehead atoms. The molecule has 22 heavy (non-hydrogen) atoms. The molecule has 0 spiro atoms. The topological polar surface area (TPSA) is 40.5 Å². The predicted octanol–water partition coefficient (Wildman–Crippen LogP) is 2.87. The summed E-state index contributed by atoms with van der Waals surface area (Å²) in [5.41, 5.74) is 0.259. The first kappa shape index (κ1) is 15.5. The summed E-state index contributed by atoms with van der Waals surface area (Å²) in [5.74, 6) is 0.0516. The molecule has 1 heterocycles. The predicted molar refractivity (Wildman–Crippen MR) is 82.9 cm³/mol. The first-order valence-corrected chi connectivity index (χ1v) is 8.32. The largest absolute Gasteiger partial charge is 0.396 e. The molecule has 1 saturated carbocycles. The van der Waals surface area contributed by atoms with Gasteiger partial charge in [-0.2, -0.15) is 0 Å². The molecule has 1 atom stereocenters. The fourth-order valence-electron chi connectivity index (χ4n) is 4.04. The van der Waals surface area contributed by atoms with Crippen LogP contribution in [0.15, 0.2) is 24.3 Å². The number of benzene rings is 1. The Balaban J connectivity index is 1.91. The molecule has 3 rings (SSSR count). The third-order valence-electron chi connectivity index (χ3n) is 5.32. The second-order valence-corrected chi connectivity index (χ2v) is 6.74. The lowest BCUT2D eigenvalue weighted by molar-refractivity contribution is -0.138. The summed E-state index contributed by atoms with van der Waals surface area (Å²) in [5, 5.41) is 9.31. The van der Waals surface area contributed by atoms with Crippen molar-refractivity contribution >= 4 is 5.91 Å². The minimum Gasteiger partial charge on any atom is -0.396 e. The van der Waals surface area contributed by atoms with Crippen molar-refractivity contribution in [2.75, 3.05) is 19.7 Å². The van der Waals surface area contributed by atoms with Crippen LogP contribution >= 0.6 is 0 Å². The van der Waals surface area contributed by atoms with Crippen LogP contribution in [0, 0.1) is 11.7 Å². The van der Waals surface area contributed by atoms with E-state index >= 15 is 0 Å². The Morgan fingerprint density at radius 2 is 2.09 bits per heavy atom. The van der Waals surface area contributed by atoms with E-state index in [1.807, 2.05) is 11.0 Å². The van der Waals surface area contributed by atoms with E-state index in [1.165, 1.54) is 12.1 Å². The zero-order chi connectivity index (χ0) is 15.6. The maximum atomic E-state index is 13.7. The van der Waals surface area contributed by atoms with Gasteiger partial charge < -0.3 is 10.0 Å². The van der Waals surface area contributed by atoms with Crippen molar-refractivity contribution in [3.8, 4) is 0 Å². The summed E-state index contributed by atoms with van der Waals surface area (Å²) in [6, 6.07) is 6.56. The summed E-state index contributed by atoms with van der Waals surface area (Å²) >= 11 is 0. The standard InChI is InChI=1S/C18H24FNO2/c19-16-6-4-5-15(11-16)18(8-2-1-3-9-18)17(22)20-10-7-14(12-20)13-21/h4-6,11,14,21H,1-3,7-10,12-13H2. The van der Waals surface area contributed by atoms with Crippen LogP contribution < -0.4 is 0 Å². The molecule has 2 fully saturated rings. The van der Waals surface area contributed by atoms with Crippen LogP contribution in [-0.2, 0) is 10.2 Å². The number of hydrogen-bond acceptors (Lipinski definition) is 2. The van der Waals surface area contributed by atoms with E-state index in [-0.39, 0.29) is 24.2 Å².